The molecular weight excluding hydrogens is 358 g/mol. The van der Waals surface area contributed by atoms with Crippen LogP contribution in [0.5, 0.6) is 0 Å². The number of hydrogen-bond donors (Lipinski definition) is 0. The van der Waals surface area contributed by atoms with Gasteiger partial charge < -0.3 is 9.30 Å². The average Bonchev–Trinajstić information content (AvgIpc) is 3.15. The first-order valence-electron chi connectivity index (χ1n) is 9.04. The van der Waals surface area contributed by atoms with Gasteiger partial charge in [0.05, 0.1) is 12.2 Å². The van der Waals surface area contributed by atoms with Gasteiger partial charge in [-0.2, -0.15) is 10.5 Å². The van der Waals surface area contributed by atoms with Gasteiger partial charge in [-0.3, -0.25) is 0 Å². The second-order valence-electron chi connectivity index (χ2n) is 6.56. The van der Waals surface area contributed by atoms with E-state index >= 15 is 0 Å². The molecule has 2 aromatic heterocycles. The second kappa shape index (κ2) is 7.82. The largest absolute Gasteiger partial charge is 0.462 e. The number of aryl methyl sites for hydroxylation is 2. The Morgan fingerprint density at radius 1 is 1.33 bits per heavy atom. The minimum absolute atomic E-state index is 0.0249. The molecule has 6 heteroatoms. The molecule has 27 heavy (non-hydrogen) atoms. The highest BCUT2D eigenvalue weighted by Crippen LogP contribution is 2.38. The Morgan fingerprint density at radius 3 is 2.74 bits per heavy atom. The fourth-order valence-electron chi connectivity index (χ4n) is 3.57. The van der Waals surface area contributed by atoms with Crippen molar-refractivity contribution in [2.24, 2.45) is 0 Å². The molecule has 0 atom stereocenters. The van der Waals surface area contributed by atoms with E-state index in [0.717, 1.165) is 46.8 Å². The van der Waals surface area contributed by atoms with E-state index in [1.165, 1.54) is 16.9 Å². The molecule has 0 aliphatic heterocycles. The molecule has 0 fully saturated rings. The number of carbonyl (C=O) groups is 1. The van der Waals surface area contributed by atoms with E-state index in [2.05, 4.69) is 10.6 Å². The van der Waals surface area contributed by atoms with Gasteiger partial charge in [-0.1, -0.05) is 0 Å². The molecule has 1 aliphatic rings. The average molecular weight is 379 g/mol. The number of carbonyl (C=O) groups excluding carboxylic acids is 1. The number of nitrogens with zero attached hydrogens (tertiary/aromatic N) is 3. The first-order chi connectivity index (χ1) is 13.0. The van der Waals surface area contributed by atoms with Gasteiger partial charge in [0.25, 0.3) is 0 Å². The topological polar surface area (TPSA) is 78.8 Å². The summed E-state index contributed by atoms with van der Waals surface area (Å²) < 4.78 is 7.01. The maximum absolute atomic E-state index is 11.9. The van der Waals surface area contributed by atoms with Crippen LogP contribution in [0.3, 0.4) is 0 Å². The Bertz CT molecular complexity index is 1010. The van der Waals surface area contributed by atoms with E-state index in [0.29, 0.717) is 0 Å². The Balaban J connectivity index is 2.11. The summed E-state index contributed by atoms with van der Waals surface area (Å²) >= 11 is 1.68. The maximum Gasteiger partial charge on any atom is 0.348 e. The molecule has 3 rings (SSSR count). The zero-order chi connectivity index (χ0) is 19.6. The Hall–Kier alpha value is -2.83. The molecule has 0 saturated heterocycles. The molecule has 0 saturated carbocycles. The van der Waals surface area contributed by atoms with Gasteiger partial charge >= 0.3 is 5.97 Å². The van der Waals surface area contributed by atoms with E-state index in [1.807, 2.05) is 26.0 Å². The van der Waals surface area contributed by atoms with Gasteiger partial charge in [0.15, 0.2) is 0 Å². The third-order valence-corrected chi connectivity index (χ3v) is 6.13. The van der Waals surface area contributed by atoms with Crippen molar-refractivity contribution >= 4 is 23.4 Å². The van der Waals surface area contributed by atoms with Crippen molar-refractivity contribution in [3.63, 3.8) is 0 Å². The van der Waals surface area contributed by atoms with Crippen molar-refractivity contribution in [1.82, 2.24) is 4.57 Å². The van der Waals surface area contributed by atoms with Crippen LogP contribution in [0.15, 0.2) is 11.6 Å². The number of thiophene rings is 1. The van der Waals surface area contributed by atoms with Crippen LogP contribution < -0.4 is 0 Å². The Morgan fingerprint density at radius 2 is 2.07 bits per heavy atom. The van der Waals surface area contributed by atoms with Gasteiger partial charge in [-0.05, 0) is 69.7 Å². The molecule has 0 aromatic carbocycles. The summed E-state index contributed by atoms with van der Waals surface area (Å²) in [6, 6.07) is 6.26. The first kappa shape index (κ1) is 18.9. The monoisotopic (exact) mass is 379 g/mol. The third-order valence-electron chi connectivity index (χ3n) is 4.85. The summed E-state index contributed by atoms with van der Waals surface area (Å²) in [4.78, 5) is 13.2. The quantitative estimate of drug-likeness (QED) is 0.449. The minimum Gasteiger partial charge on any atom is -0.462 e. The minimum atomic E-state index is -0.617. The van der Waals surface area contributed by atoms with E-state index in [9.17, 15) is 15.3 Å². The Kier molecular flexibility index (Phi) is 5.48. The molecule has 0 radical (unpaired) electrons. The van der Waals surface area contributed by atoms with Crippen LogP contribution in [0.2, 0.25) is 0 Å². The summed E-state index contributed by atoms with van der Waals surface area (Å²) in [7, 11) is 0. The smallest absolute Gasteiger partial charge is 0.348 e. The number of rotatable bonds is 4. The van der Waals surface area contributed by atoms with E-state index < -0.39 is 5.97 Å². The van der Waals surface area contributed by atoms with Crippen LogP contribution in [-0.2, 0) is 22.4 Å². The second-order valence-corrected chi connectivity index (χ2v) is 7.64. The lowest BCUT2D eigenvalue weighted by molar-refractivity contribution is -0.137. The molecular formula is C21H21N3O2S. The molecule has 0 N–H and O–H groups in total. The lowest BCUT2D eigenvalue weighted by Crippen LogP contribution is -2.06. The highest BCUT2D eigenvalue weighted by molar-refractivity contribution is 7.15. The number of hydrogen-bond acceptors (Lipinski definition) is 5. The zero-order valence-corrected chi connectivity index (χ0v) is 16.6. The van der Waals surface area contributed by atoms with Crippen LogP contribution in [0.1, 0.15) is 52.7 Å². The predicted molar refractivity (Wildman–Crippen MR) is 105 cm³/mol. The number of ether oxygens (including phenoxy) is 1. The molecule has 5 nitrogen and oxygen atoms in total. The van der Waals surface area contributed by atoms with E-state index in [-0.39, 0.29) is 12.2 Å². The summed E-state index contributed by atoms with van der Waals surface area (Å²) in [5, 5.41) is 20.0. The highest BCUT2D eigenvalue weighted by atomic mass is 32.1. The SMILES string of the molecule is CCOC(=O)/C(C#N)=C\c1cc(C)n(-c2sc3c(c2C#N)CCCC3)c1C. The van der Waals surface area contributed by atoms with Crippen molar-refractivity contribution in [2.45, 2.75) is 46.5 Å². The van der Waals surface area contributed by atoms with Gasteiger partial charge in [0, 0.05) is 16.3 Å². The van der Waals surface area contributed by atoms with Gasteiger partial charge in [-0.25, -0.2) is 4.79 Å². The molecule has 1 aliphatic carbocycles. The molecule has 2 heterocycles. The standard InChI is InChI=1S/C21H21N3O2S/c1-4-26-21(25)16(11-22)10-15-9-13(2)24(14(15)3)20-18(12-23)17-7-5-6-8-19(17)27-20/h9-10H,4-8H2,1-3H3/b16-10-. The summed E-state index contributed by atoms with van der Waals surface area (Å²) in [5.74, 6) is -0.617. The van der Waals surface area contributed by atoms with Gasteiger partial charge in [-0.15, -0.1) is 11.3 Å². The number of nitriles is 2. The van der Waals surface area contributed by atoms with Crippen LogP contribution in [0, 0.1) is 36.5 Å². The van der Waals surface area contributed by atoms with Crippen LogP contribution in [0.25, 0.3) is 11.1 Å². The number of esters is 1. The maximum atomic E-state index is 11.9. The van der Waals surface area contributed by atoms with Crippen molar-refractivity contribution in [2.75, 3.05) is 6.61 Å². The molecule has 138 valence electrons. The zero-order valence-electron chi connectivity index (χ0n) is 15.8. The highest BCUT2D eigenvalue weighted by Gasteiger charge is 2.24. The van der Waals surface area contributed by atoms with Crippen molar-refractivity contribution in [3.05, 3.63) is 44.6 Å². The predicted octanol–water partition coefficient (Wildman–Crippen LogP) is 4.38. The van der Waals surface area contributed by atoms with Gasteiger partial charge in [0.2, 0.25) is 0 Å². The Labute approximate surface area is 163 Å². The van der Waals surface area contributed by atoms with E-state index in [4.69, 9.17) is 4.74 Å². The summed E-state index contributed by atoms with van der Waals surface area (Å²) in [6.07, 6.45) is 5.85. The molecule has 0 spiro atoms. The van der Waals surface area contributed by atoms with Crippen LogP contribution >= 0.6 is 11.3 Å². The normalized spacial score (nSPS) is 13.6. The molecule has 0 bridgehead atoms. The van der Waals surface area contributed by atoms with Crippen molar-refractivity contribution in [3.8, 4) is 17.1 Å². The lowest BCUT2D eigenvalue weighted by atomic mass is 9.96. The van der Waals surface area contributed by atoms with Crippen molar-refractivity contribution in [1.29, 1.82) is 10.5 Å². The fraction of sp³-hybridized carbons (Fsp3) is 0.381. The van der Waals surface area contributed by atoms with Crippen LogP contribution in [0.4, 0.5) is 0 Å². The fourth-order valence-corrected chi connectivity index (χ4v) is 5.02. The number of aromatic nitrogens is 1. The van der Waals surface area contributed by atoms with Crippen LogP contribution in [-0.4, -0.2) is 17.1 Å². The molecule has 2 aromatic rings. The van der Waals surface area contributed by atoms with E-state index in [1.54, 1.807) is 24.3 Å². The number of fused-ring (bicyclic) bond motifs is 1. The molecule has 0 unspecified atom stereocenters. The summed E-state index contributed by atoms with van der Waals surface area (Å²) in [5.41, 5.74) is 4.58. The summed E-state index contributed by atoms with van der Waals surface area (Å²) in [6.45, 7) is 5.85. The van der Waals surface area contributed by atoms with Gasteiger partial charge in [0.1, 0.15) is 22.7 Å². The lowest BCUT2D eigenvalue weighted by Gasteiger charge is -2.10. The third kappa shape index (κ3) is 3.41. The molecule has 0 amide bonds. The van der Waals surface area contributed by atoms with Crippen molar-refractivity contribution < 1.29 is 9.53 Å². The first-order valence-corrected chi connectivity index (χ1v) is 9.86.